The molecule has 0 aliphatic heterocycles. The van der Waals surface area contributed by atoms with Crippen LogP contribution in [0.4, 0.5) is 0 Å². The third-order valence-corrected chi connectivity index (χ3v) is 4.23. The summed E-state index contributed by atoms with van der Waals surface area (Å²) in [6, 6.07) is 16.2. The van der Waals surface area contributed by atoms with Gasteiger partial charge in [0.1, 0.15) is 6.10 Å². The summed E-state index contributed by atoms with van der Waals surface area (Å²) in [4.78, 5) is 0. The van der Waals surface area contributed by atoms with Crippen LogP contribution in [0.5, 0.6) is 0 Å². The van der Waals surface area contributed by atoms with Crippen molar-refractivity contribution in [2.45, 2.75) is 58.2 Å². The van der Waals surface area contributed by atoms with Crippen molar-refractivity contribution in [2.24, 2.45) is 0 Å². The van der Waals surface area contributed by atoms with Crippen molar-refractivity contribution in [3.8, 4) is 0 Å². The van der Waals surface area contributed by atoms with E-state index < -0.39 is 12.2 Å². The van der Waals surface area contributed by atoms with E-state index in [-0.39, 0.29) is 0 Å². The van der Waals surface area contributed by atoms with E-state index in [0.29, 0.717) is 6.42 Å². The summed E-state index contributed by atoms with van der Waals surface area (Å²) in [6.07, 6.45) is 3.20. The van der Waals surface area contributed by atoms with E-state index in [2.05, 4.69) is 26.0 Å². The minimum Gasteiger partial charge on any atom is -0.390 e. The number of aliphatic hydroxyl groups is 2. The smallest absolute Gasteiger partial charge is 0.105 e. The lowest BCUT2D eigenvalue weighted by molar-refractivity contribution is 0.0189. The molecule has 2 rings (SSSR count). The fourth-order valence-corrected chi connectivity index (χ4v) is 2.88. The van der Waals surface area contributed by atoms with Gasteiger partial charge >= 0.3 is 0 Å². The van der Waals surface area contributed by atoms with Gasteiger partial charge in [0.05, 0.1) is 6.10 Å². The zero-order valence-corrected chi connectivity index (χ0v) is 14.2. The molecule has 0 spiro atoms. The second-order valence-electron chi connectivity index (χ2n) is 6.27. The molecular weight excluding hydrogens is 284 g/mol. The third kappa shape index (κ3) is 5.19. The highest BCUT2D eigenvalue weighted by molar-refractivity contribution is 5.27. The van der Waals surface area contributed by atoms with Gasteiger partial charge < -0.3 is 10.2 Å². The normalized spacial score (nSPS) is 13.7. The van der Waals surface area contributed by atoms with E-state index in [1.807, 2.05) is 36.4 Å². The first-order valence-electron chi connectivity index (χ1n) is 8.66. The van der Waals surface area contributed by atoms with E-state index in [9.17, 15) is 10.2 Å². The molecule has 0 saturated heterocycles. The number of hydrogen-bond donors (Lipinski definition) is 2. The van der Waals surface area contributed by atoms with Crippen LogP contribution in [0.15, 0.2) is 48.5 Å². The molecule has 2 atom stereocenters. The van der Waals surface area contributed by atoms with Gasteiger partial charge in [-0.15, -0.1) is 0 Å². The van der Waals surface area contributed by atoms with Gasteiger partial charge in [0, 0.05) is 6.42 Å². The first kappa shape index (κ1) is 17.7. The summed E-state index contributed by atoms with van der Waals surface area (Å²) in [7, 11) is 0. The molecule has 0 heterocycles. The van der Waals surface area contributed by atoms with Crippen molar-refractivity contribution in [3.05, 3.63) is 70.8 Å². The molecule has 0 aliphatic rings. The Kier molecular flexibility index (Phi) is 6.82. The van der Waals surface area contributed by atoms with Crippen molar-refractivity contribution < 1.29 is 10.2 Å². The largest absolute Gasteiger partial charge is 0.390 e. The summed E-state index contributed by atoms with van der Waals surface area (Å²) in [5.74, 6) is 0. The van der Waals surface area contributed by atoms with Crippen LogP contribution >= 0.6 is 0 Å². The summed E-state index contributed by atoms with van der Waals surface area (Å²) in [5, 5.41) is 20.7. The summed E-state index contributed by atoms with van der Waals surface area (Å²) < 4.78 is 0. The Bertz CT molecular complexity index is 572. The highest BCUT2D eigenvalue weighted by Crippen LogP contribution is 2.21. The maximum atomic E-state index is 10.4. The highest BCUT2D eigenvalue weighted by atomic mass is 16.3. The standard InChI is InChI=1S/C21H28O2/c1-3-5-16-7-9-18(10-8-16)15-20(22)21(23)19-13-11-17(6-4-2)12-14-19/h7-14,20-23H,3-6,15H2,1-2H3. The molecule has 0 fully saturated rings. The molecule has 0 bridgehead atoms. The third-order valence-electron chi connectivity index (χ3n) is 4.23. The van der Waals surface area contributed by atoms with Crippen molar-refractivity contribution >= 4 is 0 Å². The predicted molar refractivity (Wildman–Crippen MR) is 95.5 cm³/mol. The maximum absolute atomic E-state index is 10.4. The van der Waals surface area contributed by atoms with Crippen molar-refractivity contribution in [3.63, 3.8) is 0 Å². The Morgan fingerprint density at radius 1 is 0.696 bits per heavy atom. The van der Waals surface area contributed by atoms with Crippen LogP contribution in [0.25, 0.3) is 0 Å². The summed E-state index contributed by atoms with van der Waals surface area (Å²) in [5.41, 5.74) is 4.42. The number of aliphatic hydroxyl groups excluding tert-OH is 2. The Balaban J connectivity index is 1.97. The number of benzene rings is 2. The SMILES string of the molecule is CCCc1ccc(CC(O)C(O)c2ccc(CCC)cc2)cc1. The van der Waals surface area contributed by atoms with Crippen molar-refractivity contribution in [1.82, 2.24) is 0 Å². The molecule has 2 unspecified atom stereocenters. The molecule has 2 aromatic carbocycles. The molecule has 124 valence electrons. The molecule has 0 amide bonds. The van der Waals surface area contributed by atoms with Crippen LogP contribution in [0.1, 0.15) is 55.0 Å². The topological polar surface area (TPSA) is 40.5 Å². The molecular formula is C21H28O2. The summed E-state index contributed by atoms with van der Waals surface area (Å²) in [6.45, 7) is 4.32. The highest BCUT2D eigenvalue weighted by Gasteiger charge is 2.18. The van der Waals surface area contributed by atoms with Gasteiger partial charge in [0.25, 0.3) is 0 Å². The monoisotopic (exact) mass is 312 g/mol. The second-order valence-corrected chi connectivity index (χ2v) is 6.27. The van der Waals surface area contributed by atoms with Crippen LogP contribution < -0.4 is 0 Å². The fraction of sp³-hybridized carbons (Fsp3) is 0.429. The lowest BCUT2D eigenvalue weighted by Crippen LogP contribution is -2.20. The maximum Gasteiger partial charge on any atom is 0.105 e. The fourth-order valence-electron chi connectivity index (χ4n) is 2.88. The van der Waals surface area contributed by atoms with Gasteiger partial charge in [0.2, 0.25) is 0 Å². The van der Waals surface area contributed by atoms with Gasteiger partial charge in [-0.3, -0.25) is 0 Å². The molecule has 2 nitrogen and oxygen atoms in total. The lowest BCUT2D eigenvalue weighted by Gasteiger charge is -2.19. The molecule has 2 heteroatoms. The summed E-state index contributed by atoms with van der Waals surface area (Å²) >= 11 is 0. The Morgan fingerprint density at radius 3 is 1.61 bits per heavy atom. The van der Waals surface area contributed by atoms with E-state index in [4.69, 9.17) is 0 Å². The van der Waals surface area contributed by atoms with Gasteiger partial charge in [-0.25, -0.2) is 0 Å². The van der Waals surface area contributed by atoms with Gasteiger partial charge in [-0.1, -0.05) is 75.2 Å². The Morgan fingerprint density at radius 2 is 1.13 bits per heavy atom. The van der Waals surface area contributed by atoms with Gasteiger partial charge in [-0.2, -0.15) is 0 Å². The molecule has 0 radical (unpaired) electrons. The first-order valence-corrected chi connectivity index (χ1v) is 8.66. The van der Waals surface area contributed by atoms with E-state index >= 15 is 0 Å². The zero-order chi connectivity index (χ0) is 16.7. The van der Waals surface area contributed by atoms with Crippen LogP contribution in [-0.2, 0) is 19.3 Å². The lowest BCUT2D eigenvalue weighted by atomic mass is 9.96. The molecule has 0 saturated carbocycles. The molecule has 0 aromatic heterocycles. The van der Waals surface area contributed by atoms with Gasteiger partial charge in [-0.05, 0) is 35.1 Å². The Hall–Kier alpha value is -1.64. The first-order chi connectivity index (χ1) is 11.1. The van der Waals surface area contributed by atoms with Crippen LogP contribution in [0, 0.1) is 0 Å². The minimum atomic E-state index is -0.846. The van der Waals surface area contributed by atoms with E-state index in [0.717, 1.165) is 36.8 Å². The minimum absolute atomic E-state index is 0.463. The molecule has 2 aromatic rings. The molecule has 0 aliphatic carbocycles. The van der Waals surface area contributed by atoms with E-state index in [1.54, 1.807) is 0 Å². The average Bonchev–Trinajstić information content (AvgIpc) is 2.57. The van der Waals surface area contributed by atoms with Crippen LogP contribution in [0.3, 0.4) is 0 Å². The Labute approximate surface area is 139 Å². The predicted octanol–water partition coefficient (Wildman–Crippen LogP) is 4.23. The number of rotatable bonds is 8. The van der Waals surface area contributed by atoms with Crippen LogP contribution in [0.2, 0.25) is 0 Å². The van der Waals surface area contributed by atoms with Gasteiger partial charge in [0.15, 0.2) is 0 Å². The number of hydrogen-bond acceptors (Lipinski definition) is 2. The van der Waals surface area contributed by atoms with Crippen molar-refractivity contribution in [1.29, 1.82) is 0 Å². The average molecular weight is 312 g/mol. The van der Waals surface area contributed by atoms with Crippen LogP contribution in [-0.4, -0.2) is 16.3 Å². The molecule has 2 N–H and O–H groups in total. The van der Waals surface area contributed by atoms with E-state index in [1.165, 1.54) is 11.1 Å². The van der Waals surface area contributed by atoms with Crippen molar-refractivity contribution in [2.75, 3.05) is 0 Å². The zero-order valence-electron chi connectivity index (χ0n) is 14.2. The quantitative estimate of drug-likeness (QED) is 0.766. The second kappa shape index (κ2) is 8.85. The number of aryl methyl sites for hydroxylation is 2. The molecule has 23 heavy (non-hydrogen) atoms.